The monoisotopic (exact) mass is 358 g/mol. The van der Waals surface area contributed by atoms with E-state index in [1.165, 1.54) is 22.3 Å². The summed E-state index contributed by atoms with van der Waals surface area (Å²) in [6.07, 6.45) is 8.63. The number of rotatable bonds is 10. The normalized spacial score (nSPS) is 13.8. The zero-order chi connectivity index (χ0) is 19.3. The van der Waals surface area contributed by atoms with Crippen molar-refractivity contribution in [3.63, 3.8) is 0 Å². The molecule has 2 rings (SSSR count). The molecule has 2 atom stereocenters. The minimum atomic E-state index is 0.124. The average Bonchev–Trinajstić information content (AvgIpc) is 3.23. The second kappa shape index (κ2) is 9.25. The number of ketones is 1. The van der Waals surface area contributed by atoms with Gasteiger partial charge in [0.25, 0.3) is 0 Å². The third kappa shape index (κ3) is 4.31. The maximum atomic E-state index is 12.7. The Bertz CT molecular complexity index is 660. The Morgan fingerprint density at radius 1 is 0.769 bits per heavy atom. The van der Waals surface area contributed by atoms with E-state index in [0.717, 1.165) is 37.2 Å². The summed E-state index contributed by atoms with van der Waals surface area (Å²) >= 11 is 0. The van der Waals surface area contributed by atoms with E-state index in [1.54, 1.807) is 0 Å². The minimum Gasteiger partial charge on any atom is -0.468 e. The van der Waals surface area contributed by atoms with Crippen LogP contribution in [-0.4, -0.2) is 5.78 Å². The van der Waals surface area contributed by atoms with Crippen LogP contribution in [0, 0.1) is 0 Å². The van der Waals surface area contributed by atoms with Crippen LogP contribution in [0.3, 0.4) is 0 Å². The Labute approximate surface area is 158 Å². The number of hydrogen-bond donors (Lipinski definition) is 0. The van der Waals surface area contributed by atoms with E-state index in [1.807, 2.05) is 12.5 Å². The maximum absolute atomic E-state index is 12.7. The fraction of sp³-hybridized carbons (Fsp3) is 0.609. The van der Waals surface area contributed by atoms with Gasteiger partial charge < -0.3 is 8.83 Å². The lowest BCUT2D eigenvalue weighted by Crippen LogP contribution is -2.09. The Hall–Kier alpha value is -1.77. The molecule has 0 aromatic carbocycles. The molecule has 0 spiro atoms. The summed E-state index contributed by atoms with van der Waals surface area (Å²) in [7, 11) is 0. The van der Waals surface area contributed by atoms with Crippen molar-refractivity contribution in [2.45, 2.75) is 91.9 Å². The highest BCUT2D eigenvalue weighted by Gasteiger charge is 2.23. The van der Waals surface area contributed by atoms with Crippen molar-refractivity contribution in [3.05, 3.63) is 46.3 Å². The summed E-state index contributed by atoms with van der Waals surface area (Å²) in [5.41, 5.74) is 5.11. The predicted molar refractivity (Wildman–Crippen MR) is 106 cm³/mol. The van der Waals surface area contributed by atoms with Gasteiger partial charge in [-0.25, -0.2) is 0 Å². The molecule has 144 valence electrons. The molecule has 2 aromatic heterocycles. The first kappa shape index (κ1) is 20.5. The van der Waals surface area contributed by atoms with Crippen molar-refractivity contribution in [3.8, 4) is 0 Å². The minimum absolute atomic E-state index is 0.124. The number of aryl methyl sites for hydroxylation is 2. The summed E-state index contributed by atoms with van der Waals surface area (Å²) in [5.74, 6) is 2.51. The third-order valence-electron chi connectivity index (χ3n) is 5.46. The fourth-order valence-corrected chi connectivity index (χ4v) is 4.05. The lowest BCUT2D eigenvalue weighted by atomic mass is 9.90. The molecule has 0 saturated carbocycles. The van der Waals surface area contributed by atoms with Crippen LogP contribution in [0.4, 0.5) is 0 Å². The topological polar surface area (TPSA) is 43.4 Å². The van der Waals surface area contributed by atoms with Crippen molar-refractivity contribution < 1.29 is 13.6 Å². The van der Waals surface area contributed by atoms with Crippen LogP contribution in [0.1, 0.15) is 100.0 Å². The van der Waals surface area contributed by atoms with Crippen molar-refractivity contribution >= 4 is 5.78 Å². The van der Waals surface area contributed by atoms with E-state index in [9.17, 15) is 4.79 Å². The van der Waals surface area contributed by atoms with Gasteiger partial charge in [-0.05, 0) is 47.9 Å². The number of carbonyl (C=O) groups is 1. The van der Waals surface area contributed by atoms with Crippen molar-refractivity contribution in [1.29, 1.82) is 0 Å². The molecule has 0 saturated heterocycles. The maximum Gasteiger partial charge on any atom is 0.134 e. The van der Waals surface area contributed by atoms with Gasteiger partial charge >= 0.3 is 0 Å². The highest BCUT2D eigenvalue weighted by atomic mass is 16.3. The van der Waals surface area contributed by atoms with Gasteiger partial charge in [0.05, 0.1) is 12.5 Å². The second-order valence-electron chi connectivity index (χ2n) is 7.37. The van der Waals surface area contributed by atoms with Crippen LogP contribution in [0.25, 0.3) is 0 Å². The van der Waals surface area contributed by atoms with Gasteiger partial charge in [-0.2, -0.15) is 0 Å². The first-order valence-corrected chi connectivity index (χ1v) is 10.2. The SMILES string of the molecule is CCc1coc(C(C)CC(=O)CC(C)c2occ(CC)c2CC)c1CC. The highest BCUT2D eigenvalue weighted by Crippen LogP contribution is 2.32. The zero-order valence-electron chi connectivity index (χ0n) is 17.3. The molecule has 2 aromatic rings. The molecular weight excluding hydrogens is 324 g/mol. The van der Waals surface area contributed by atoms with Gasteiger partial charge in [-0.15, -0.1) is 0 Å². The van der Waals surface area contributed by atoms with Crippen LogP contribution in [0.2, 0.25) is 0 Å². The van der Waals surface area contributed by atoms with E-state index in [2.05, 4.69) is 41.5 Å². The summed E-state index contributed by atoms with van der Waals surface area (Å²) in [6, 6.07) is 0. The van der Waals surface area contributed by atoms with Crippen LogP contribution in [-0.2, 0) is 30.5 Å². The number of carbonyl (C=O) groups excluding carboxylic acids is 1. The molecule has 0 bridgehead atoms. The van der Waals surface area contributed by atoms with Gasteiger partial charge in [0, 0.05) is 24.7 Å². The summed E-state index contributed by atoms with van der Waals surface area (Å²) < 4.78 is 11.6. The fourth-order valence-electron chi connectivity index (χ4n) is 4.05. The van der Waals surface area contributed by atoms with Crippen LogP contribution in [0.5, 0.6) is 0 Å². The first-order valence-electron chi connectivity index (χ1n) is 10.2. The summed E-state index contributed by atoms with van der Waals surface area (Å²) in [6.45, 7) is 12.8. The van der Waals surface area contributed by atoms with E-state index < -0.39 is 0 Å². The van der Waals surface area contributed by atoms with Gasteiger partial charge in [-0.3, -0.25) is 4.79 Å². The number of Topliss-reactive ketones (excluding diaryl/α,β-unsaturated/α-hetero) is 1. The van der Waals surface area contributed by atoms with E-state index >= 15 is 0 Å². The molecule has 0 fully saturated rings. The summed E-state index contributed by atoms with van der Waals surface area (Å²) in [5, 5.41) is 0. The number of hydrogen-bond acceptors (Lipinski definition) is 3. The van der Waals surface area contributed by atoms with Gasteiger partial charge in [-0.1, -0.05) is 41.5 Å². The first-order chi connectivity index (χ1) is 12.5. The van der Waals surface area contributed by atoms with Gasteiger partial charge in [0.1, 0.15) is 17.3 Å². The van der Waals surface area contributed by atoms with Crippen molar-refractivity contribution in [1.82, 2.24) is 0 Å². The standard InChI is InChI=1S/C23H34O3/c1-7-17-13-25-22(20(17)9-3)15(5)11-19(24)12-16(6)23-21(10-4)18(8-2)14-26-23/h13-16H,7-12H2,1-6H3. The van der Waals surface area contributed by atoms with Crippen LogP contribution in [0.15, 0.2) is 21.4 Å². The highest BCUT2D eigenvalue weighted by molar-refractivity contribution is 5.80. The molecule has 0 radical (unpaired) electrons. The number of furan rings is 2. The largest absolute Gasteiger partial charge is 0.468 e. The molecule has 2 unspecified atom stereocenters. The van der Waals surface area contributed by atoms with E-state index in [0.29, 0.717) is 12.8 Å². The average molecular weight is 359 g/mol. The molecule has 3 nitrogen and oxygen atoms in total. The summed E-state index contributed by atoms with van der Waals surface area (Å²) in [4.78, 5) is 12.7. The Morgan fingerprint density at radius 3 is 1.46 bits per heavy atom. The Balaban J connectivity index is 2.04. The molecule has 0 N–H and O–H groups in total. The van der Waals surface area contributed by atoms with Gasteiger partial charge in [0.2, 0.25) is 0 Å². The van der Waals surface area contributed by atoms with Crippen molar-refractivity contribution in [2.24, 2.45) is 0 Å². The van der Waals surface area contributed by atoms with Crippen LogP contribution >= 0.6 is 0 Å². The van der Waals surface area contributed by atoms with E-state index in [-0.39, 0.29) is 17.6 Å². The lowest BCUT2D eigenvalue weighted by molar-refractivity contribution is -0.119. The molecule has 0 aliphatic heterocycles. The lowest BCUT2D eigenvalue weighted by Gasteiger charge is -2.14. The van der Waals surface area contributed by atoms with Crippen LogP contribution < -0.4 is 0 Å². The molecular formula is C23H34O3. The van der Waals surface area contributed by atoms with E-state index in [4.69, 9.17) is 8.83 Å². The molecule has 3 heteroatoms. The predicted octanol–water partition coefficient (Wildman–Crippen LogP) is 6.38. The molecule has 0 amide bonds. The molecule has 0 aliphatic rings. The van der Waals surface area contributed by atoms with Gasteiger partial charge in [0.15, 0.2) is 0 Å². The molecule has 0 aliphatic carbocycles. The van der Waals surface area contributed by atoms with Crippen molar-refractivity contribution in [2.75, 3.05) is 0 Å². The quantitative estimate of drug-likeness (QED) is 0.495. The zero-order valence-corrected chi connectivity index (χ0v) is 17.3. The Kier molecular flexibility index (Phi) is 7.31. The molecule has 2 heterocycles. The Morgan fingerprint density at radius 2 is 1.15 bits per heavy atom. The molecule has 26 heavy (non-hydrogen) atoms. The smallest absolute Gasteiger partial charge is 0.134 e. The third-order valence-corrected chi connectivity index (χ3v) is 5.46. The second-order valence-corrected chi connectivity index (χ2v) is 7.37.